The van der Waals surface area contributed by atoms with Crippen LogP contribution in [0.3, 0.4) is 0 Å². The molecule has 6 N–H and O–H groups in total. The number of hydrogen-bond donors (Lipinski definition) is 3. The molecule has 0 aromatic carbocycles. The van der Waals surface area contributed by atoms with E-state index in [0.717, 1.165) is 19.4 Å². The maximum absolute atomic E-state index is 11.3. The Hall–Kier alpha value is -2.31. The highest BCUT2D eigenvalue weighted by atomic mass is 16.1. The number of nitrogens with two attached hydrogens (primary N) is 3. The van der Waals surface area contributed by atoms with Gasteiger partial charge in [0.05, 0.1) is 23.4 Å². The summed E-state index contributed by atoms with van der Waals surface area (Å²) in [6.07, 6.45) is 3.04. The van der Waals surface area contributed by atoms with Crippen molar-refractivity contribution in [1.29, 1.82) is 0 Å². The molecule has 102 valence electrons. The molecule has 2 heterocycles. The smallest absolute Gasteiger partial charge is 0.250 e. The van der Waals surface area contributed by atoms with Gasteiger partial charge in [0.15, 0.2) is 0 Å². The molecule has 7 heteroatoms. The number of primary amides is 2. The van der Waals surface area contributed by atoms with Crippen LogP contribution in [0.2, 0.25) is 0 Å². The van der Waals surface area contributed by atoms with Crippen molar-refractivity contribution in [3.8, 4) is 0 Å². The third kappa shape index (κ3) is 2.75. The van der Waals surface area contributed by atoms with E-state index in [4.69, 9.17) is 17.2 Å². The van der Waals surface area contributed by atoms with E-state index in [9.17, 15) is 9.59 Å². The van der Waals surface area contributed by atoms with Crippen LogP contribution in [0.15, 0.2) is 12.3 Å². The number of anilines is 2. The minimum atomic E-state index is -0.593. The quantitative estimate of drug-likeness (QED) is 0.675. The SMILES string of the molecule is NC(=O)c1cc(N2CCCC(C(N)=O)C2)ncc1N. The van der Waals surface area contributed by atoms with Crippen molar-refractivity contribution in [2.75, 3.05) is 23.7 Å². The van der Waals surface area contributed by atoms with Crippen molar-refractivity contribution >= 4 is 23.3 Å². The first-order chi connectivity index (χ1) is 8.99. The van der Waals surface area contributed by atoms with Crippen LogP contribution >= 0.6 is 0 Å². The monoisotopic (exact) mass is 263 g/mol. The van der Waals surface area contributed by atoms with Gasteiger partial charge in [0.1, 0.15) is 5.82 Å². The molecule has 1 fully saturated rings. The average molecular weight is 263 g/mol. The second-order valence-electron chi connectivity index (χ2n) is 4.68. The second-order valence-corrected chi connectivity index (χ2v) is 4.68. The number of pyridine rings is 1. The van der Waals surface area contributed by atoms with Crippen molar-refractivity contribution in [1.82, 2.24) is 4.98 Å². The topological polar surface area (TPSA) is 128 Å². The molecule has 1 aliphatic heterocycles. The van der Waals surface area contributed by atoms with Crippen molar-refractivity contribution in [3.63, 3.8) is 0 Å². The summed E-state index contributed by atoms with van der Waals surface area (Å²) in [6.45, 7) is 1.27. The van der Waals surface area contributed by atoms with Crippen molar-refractivity contribution in [2.24, 2.45) is 17.4 Å². The highest BCUT2D eigenvalue weighted by Gasteiger charge is 2.25. The molecule has 0 spiro atoms. The van der Waals surface area contributed by atoms with E-state index in [1.807, 2.05) is 4.90 Å². The summed E-state index contributed by atoms with van der Waals surface area (Å²) in [4.78, 5) is 28.6. The number of piperidine rings is 1. The molecule has 1 atom stereocenters. The third-order valence-electron chi connectivity index (χ3n) is 3.33. The maximum atomic E-state index is 11.3. The maximum Gasteiger partial charge on any atom is 0.250 e. The first kappa shape index (κ1) is 13.1. The molecular formula is C12H17N5O2. The van der Waals surface area contributed by atoms with Crippen LogP contribution in [0, 0.1) is 5.92 Å². The number of rotatable bonds is 3. The number of nitrogens with zero attached hydrogens (tertiary/aromatic N) is 2. The first-order valence-corrected chi connectivity index (χ1v) is 6.08. The van der Waals surface area contributed by atoms with E-state index >= 15 is 0 Å². The summed E-state index contributed by atoms with van der Waals surface area (Å²) < 4.78 is 0. The first-order valence-electron chi connectivity index (χ1n) is 6.08. The van der Waals surface area contributed by atoms with Crippen LogP contribution in [-0.4, -0.2) is 29.9 Å². The molecule has 7 nitrogen and oxygen atoms in total. The summed E-state index contributed by atoms with van der Waals surface area (Å²) in [5, 5.41) is 0. The van der Waals surface area contributed by atoms with Gasteiger partial charge < -0.3 is 22.1 Å². The van der Waals surface area contributed by atoms with Gasteiger partial charge in [-0.2, -0.15) is 0 Å². The van der Waals surface area contributed by atoms with Crippen molar-refractivity contribution in [2.45, 2.75) is 12.8 Å². The van der Waals surface area contributed by atoms with Gasteiger partial charge in [-0.3, -0.25) is 9.59 Å². The van der Waals surface area contributed by atoms with Gasteiger partial charge in [-0.05, 0) is 18.9 Å². The highest BCUT2D eigenvalue weighted by Crippen LogP contribution is 2.23. The van der Waals surface area contributed by atoms with E-state index in [2.05, 4.69) is 4.98 Å². The molecule has 19 heavy (non-hydrogen) atoms. The van der Waals surface area contributed by atoms with E-state index in [1.165, 1.54) is 6.20 Å². The van der Waals surface area contributed by atoms with Gasteiger partial charge in [0, 0.05) is 13.1 Å². The third-order valence-corrected chi connectivity index (χ3v) is 3.33. The van der Waals surface area contributed by atoms with E-state index in [0.29, 0.717) is 12.4 Å². The normalized spacial score (nSPS) is 19.2. The number of nitrogen functional groups attached to an aromatic ring is 1. The zero-order chi connectivity index (χ0) is 14.0. The summed E-state index contributed by atoms with van der Waals surface area (Å²) >= 11 is 0. The fourth-order valence-electron chi connectivity index (χ4n) is 2.26. The predicted molar refractivity (Wildman–Crippen MR) is 71.3 cm³/mol. The van der Waals surface area contributed by atoms with Crippen LogP contribution < -0.4 is 22.1 Å². The van der Waals surface area contributed by atoms with E-state index in [-0.39, 0.29) is 23.1 Å². The van der Waals surface area contributed by atoms with Crippen LogP contribution in [0.5, 0.6) is 0 Å². The van der Waals surface area contributed by atoms with Gasteiger partial charge in [-0.15, -0.1) is 0 Å². The fraction of sp³-hybridized carbons (Fsp3) is 0.417. The molecule has 2 amide bonds. The molecule has 0 bridgehead atoms. The Kier molecular flexibility index (Phi) is 3.55. The lowest BCUT2D eigenvalue weighted by atomic mass is 9.97. The Bertz CT molecular complexity index is 517. The van der Waals surface area contributed by atoms with Crippen molar-refractivity contribution in [3.05, 3.63) is 17.8 Å². The molecule has 1 unspecified atom stereocenters. The van der Waals surface area contributed by atoms with E-state index in [1.54, 1.807) is 6.07 Å². The summed E-state index contributed by atoms with van der Waals surface area (Å²) in [5.74, 6) is -0.501. The highest BCUT2D eigenvalue weighted by molar-refractivity contribution is 5.98. The fourth-order valence-corrected chi connectivity index (χ4v) is 2.26. The van der Waals surface area contributed by atoms with Gasteiger partial charge in [0.25, 0.3) is 5.91 Å². The Morgan fingerprint density at radius 1 is 1.37 bits per heavy atom. The zero-order valence-electron chi connectivity index (χ0n) is 10.5. The molecule has 0 radical (unpaired) electrons. The predicted octanol–water partition coefficient (Wildman–Crippen LogP) is -0.536. The molecule has 2 rings (SSSR count). The van der Waals surface area contributed by atoms with Crippen LogP contribution in [-0.2, 0) is 4.79 Å². The van der Waals surface area contributed by atoms with Gasteiger partial charge in [-0.25, -0.2) is 4.98 Å². The largest absolute Gasteiger partial charge is 0.397 e. The molecule has 0 aliphatic carbocycles. The van der Waals surface area contributed by atoms with Crippen LogP contribution in [0.1, 0.15) is 23.2 Å². The van der Waals surface area contributed by atoms with Crippen LogP contribution in [0.4, 0.5) is 11.5 Å². The molecule has 1 saturated heterocycles. The van der Waals surface area contributed by atoms with E-state index < -0.39 is 5.91 Å². The zero-order valence-corrected chi connectivity index (χ0v) is 10.5. The lowest BCUT2D eigenvalue weighted by Crippen LogP contribution is -2.41. The summed E-state index contributed by atoms with van der Waals surface area (Å²) in [5.41, 5.74) is 16.7. The summed E-state index contributed by atoms with van der Waals surface area (Å²) in [6, 6.07) is 1.56. The number of carbonyl (C=O) groups excluding carboxylic acids is 2. The molecular weight excluding hydrogens is 246 g/mol. The molecule has 1 aliphatic rings. The summed E-state index contributed by atoms with van der Waals surface area (Å²) in [7, 11) is 0. The Balaban J connectivity index is 2.24. The number of hydrogen-bond acceptors (Lipinski definition) is 5. The van der Waals surface area contributed by atoms with Gasteiger partial charge in [-0.1, -0.05) is 0 Å². The number of aromatic nitrogens is 1. The lowest BCUT2D eigenvalue weighted by molar-refractivity contribution is -0.122. The Labute approximate surface area is 110 Å². The molecule has 1 aromatic rings. The second kappa shape index (κ2) is 5.13. The van der Waals surface area contributed by atoms with Gasteiger partial charge in [0.2, 0.25) is 5.91 Å². The number of carbonyl (C=O) groups is 2. The van der Waals surface area contributed by atoms with Crippen molar-refractivity contribution < 1.29 is 9.59 Å². The number of amides is 2. The average Bonchev–Trinajstić information content (AvgIpc) is 2.39. The minimum absolute atomic E-state index is 0.190. The van der Waals surface area contributed by atoms with Gasteiger partial charge >= 0.3 is 0 Å². The standard InChI is InChI=1S/C12H17N5O2/c13-9-5-16-10(4-8(9)12(15)19)17-3-1-2-7(6-17)11(14)18/h4-5,7H,1-3,6,13H2,(H2,14,18)(H2,15,19). The lowest BCUT2D eigenvalue weighted by Gasteiger charge is -2.32. The minimum Gasteiger partial charge on any atom is -0.397 e. The Morgan fingerprint density at radius 3 is 2.74 bits per heavy atom. The molecule has 1 aromatic heterocycles. The van der Waals surface area contributed by atoms with Crippen LogP contribution in [0.25, 0.3) is 0 Å². The Morgan fingerprint density at radius 2 is 2.11 bits per heavy atom. The molecule has 0 saturated carbocycles.